The third kappa shape index (κ3) is 1.03. The summed E-state index contributed by atoms with van der Waals surface area (Å²) in [7, 11) is 3.12. The van der Waals surface area contributed by atoms with Crippen molar-refractivity contribution in [1.29, 1.82) is 0 Å². The molecule has 1 N–H and O–H groups in total. The van der Waals surface area contributed by atoms with E-state index in [0.29, 0.717) is 0 Å². The molecule has 0 amide bonds. The molecule has 1 heterocycles. The number of carboxylic acids is 1. The molecule has 1 saturated carbocycles. The van der Waals surface area contributed by atoms with Crippen molar-refractivity contribution in [3.05, 3.63) is 0 Å². The van der Waals surface area contributed by atoms with Crippen LogP contribution in [0.15, 0.2) is 0 Å². The number of carbonyl (C=O) groups is 1. The number of aliphatic carboxylic acids is 1. The number of carboxylic acid groups (broad SMARTS) is 1. The van der Waals surface area contributed by atoms with E-state index in [9.17, 15) is 4.79 Å². The fourth-order valence-electron chi connectivity index (χ4n) is 1.59. The van der Waals surface area contributed by atoms with Gasteiger partial charge in [0.2, 0.25) is 0 Å². The van der Waals surface area contributed by atoms with Gasteiger partial charge in [-0.3, -0.25) is 0 Å². The zero-order valence-corrected chi connectivity index (χ0v) is 7.58. The summed E-state index contributed by atoms with van der Waals surface area (Å²) in [6.07, 6.45) is 3.76. The van der Waals surface area contributed by atoms with Gasteiger partial charge in [-0.2, -0.15) is 0 Å². The van der Waals surface area contributed by atoms with Crippen molar-refractivity contribution >= 4 is 27.0 Å². The van der Waals surface area contributed by atoms with Crippen molar-refractivity contribution in [1.82, 2.24) is 3.35 Å². The highest BCUT2D eigenvalue weighted by atomic mass is 33.0. The van der Waals surface area contributed by atoms with Gasteiger partial charge in [0.25, 0.3) is 0 Å². The Morgan fingerprint density at radius 3 is 2.27 bits per heavy atom. The molecule has 1 aliphatic rings. The molecule has 0 bridgehead atoms. The molecular weight excluding hydrogens is 182 g/mol. The van der Waals surface area contributed by atoms with Gasteiger partial charge < -0.3 is 5.11 Å². The van der Waals surface area contributed by atoms with Crippen molar-refractivity contribution in [2.75, 3.05) is 0 Å². The van der Waals surface area contributed by atoms with Gasteiger partial charge in [0.1, 0.15) is 0 Å². The van der Waals surface area contributed by atoms with Crippen molar-refractivity contribution < 1.29 is 9.90 Å². The maximum atomic E-state index is 10.9. The first-order valence-electron chi connectivity index (χ1n) is 3.64. The smallest absolute Gasteiger partial charge is 0.331 e. The molecular formula is C6H9NO2S2. The van der Waals surface area contributed by atoms with E-state index in [4.69, 9.17) is 5.11 Å². The second-order valence-corrected chi connectivity index (χ2v) is 5.10. The summed E-state index contributed by atoms with van der Waals surface area (Å²) in [6.45, 7) is 0. The summed E-state index contributed by atoms with van der Waals surface area (Å²) < 4.78 is 1.92. The van der Waals surface area contributed by atoms with Crippen LogP contribution in [-0.4, -0.2) is 14.4 Å². The molecule has 2 rings (SSSR count). The molecule has 1 aromatic rings. The molecule has 0 saturated heterocycles. The molecule has 0 unspecified atom stereocenters. The Morgan fingerprint density at radius 1 is 1.36 bits per heavy atom. The molecule has 1 aliphatic carbocycles. The molecule has 0 spiro atoms. The molecule has 1 fully saturated rings. The molecule has 3 nitrogen and oxygen atoms in total. The lowest BCUT2D eigenvalue weighted by Crippen LogP contribution is -2.34. The summed E-state index contributed by atoms with van der Waals surface area (Å²) >= 11 is 0. The Bertz CT molecular complexity index is 245. The van der Waals surface area contributed by atoms with Crippen LogP contribution in [0.2, 0.25) is 0 Å². The van der Waals surface area contributed by atoms with Crippen LogP contribution in [0.4, 0.5) is 0 Å². The second kappa shape index (κ2) is 2.35. The largest absolute Gasteiger partial charge is 0.479 e. The molecule has 5 heteroatoms. The fraction of sp³-hybridized carbons (Fsp3) is 0.833. The van der Waals surface area contributed by atoms with E-state index in [-0.39, 0.29) is 0 Å². The van der Waals surface area contributed by atoms with Gasteiger partial charge in [-0.25, -0.2) is 8.14 Å². The molecule has 0 aromatic carbocycles. The van der Waals surface area contributed by atoms with Crippen LogP contribution in [0.1, 0.15) is 25.7 Å². The minimum Gasteiger partial charge on any atom is -0.479 e. The van der Waals surface area contributed by atoms with E-state index in [1.54, 1.807) is 21.1 Å². The second-order valence-electron chi connectivity index (χ2n) is 2.95. The third-order valence-electron chi connectivity index (χ3n) is 2.33. The van der Waals surface area contributed by atoms with Gasteiger partial charge in [0.15, 0.2) is 5.54 Å². The Kier molecular flexibility index (Phi) is 1.57. The van der Waals surface area contributed by atoms with Gasteiger partial charge >= 0.3 is 5.97 Å². The number of aromatic nitrogens is 1. The quantitative estimate of drug-likeness (QED) is 0.726. The number of hydrogen-bond acceptors (Lipinski definition) is 3. The molecule has 62 valence electrons. The SMILES string of the molecule is O=C(O)C1(n2ss2)CCCC1. The standard InChI is InChI=1S/C6H9NO2S2/c8-5(9)6(7-10-11-7)3-1-2-4-6/h1-4H2,(H,8,9). The molecule has 1 aromatic heterocycles. The predicted octanol–water partition coefficient (Wildman–Crippen LogP) is 1.97. The fourth-order valence-corrected chi connectivity index (χ4v) is 3.39. The summed E-state index contributed by atoms with van der Waals surface area (Å²) in [5.41, 5.74) is -0.519. The normalized spacial score (nSPS) is 22.5. The lowest BCUT2D eigenvalue weighted by atomic mass is 10.0. The lowest BCUT2D eigenvalue weighted by molar-refractivity contribution is -0.146. The minimum absolute atomic E-state index is 0.519. The average molecular weight is 191 g/mol. The van der Waals surface area contributed by atoms with Gasteiger partial charge in [-0.05, 0) is 12.8 Å². The maximum absolute atomic E-state index is 10.9. The van der Waals surface area contributed by atoms with Gasteiger partial charge in [0, 0.05) is 21.1 Å². The zero-order chi connectivity index (χ0) is 7.90. The van der Waals surface area contributed by atoms with E-state index >= 15 is 0 Å². The lowest BCUT2D eigenvalue weighted by Gasteiger charge is -2.18. The summed E-state index contributed by atoms with van der Waals surface area (Å²) in [5.74, 6) is -0.646. The van der Waals surface area contributed by atoms with Gasteiger partial charge in [-0.1, -0.05) is 12.8 Å². The Balaban J connectivity index is 2.28. The molecule has 0 atom stereocenters. The summed E-state index contributed by atoms with van der Waals surface area (Å²) in [4.78, 5) is 10.9. The number of rotatable bonds is 2. The van der Waals surface area contributed by atoms with Crippen molar-refractivity contribution in [2.24, 2.45) is 0 Å². The minimum atomic E-state index is -0.646. The monoisotopic (exact) mass is 191 g/mol. The molecule has 11 heavy (non-hydrogen) atoms. The van der Waals surface area contributed by atoms with E-state index in [1.165, 1.54) is 0 Å². The van der Waals surface area contributed by atoms with Crippen LogP contribution in [-0.2, 0) is 10.3 Å². The topological polar surface area (TPSA) is 42.2 Å². The average Bonchev–Trinajstić information content (AvgIpc) is 2.69. The summed E-state index contributed by atoms with van der Waals surface area (Å²) in [6, 6.07) is 0. The van der Waals surface area contributed by atoms with E-state index in [0.717, 1.165) is 25.7 Å². The van der Waals surface area contributed by atoms with Crippen LogP contribution in [0.25, 0.3) is 0 Å². The van der Waals surface area contributed by atoms with Crippen LogP contribution in [0, 0.1) is 0 Å². The van der Waals surface area contributed by atoms with E-state index in [1.807, 2.05) is 3.35 Å². The zero-order valence-electron chi connectivity index (χ0n) is 5.95. The first kappa shape index (κ1) is 7.36. The predicted molar refractivity (Wildman–Crippen MR) is 44.3 cm³/mol. The number of nitrogens with zero attached hydrogens (tertiary/aromatic N) is 1. The van der Waals surface area contributed by atoms with E-state index < -0.39 is 11.5 Å². The highest BCUT2D eigenvalue weighted by molar-refractivity contribution is 7.76. The van der Waals surface area contributed by atoms with Gasteiger partial charge in [-0.15, -0.1) is 0 Å². The Labute approximate surface area is 71.9 Å². The Morgan fingerprint density at radius 2 is 1.91 bits per heavy atom. The van der Waals surface area contributed by atoms with Crippen LogP contribution in [0.3, 0.4) is 0 Å². The highest BCUT2D eigenvalue weighted by Crippen LogP contribution is 2.43. The van der Waals surface area contributed by atoms with Crippen LogP contribution >= 0.6 is 21.1 Å². The van der Waals surface area contributed by atoms with Crippen molar-refractivity contribution in [3.8, 4) is 0 Å². The van der Waals surface area contributed by atoms with Crippen LogP contribution in [0.5, 0.6) is 0 Å². The van der Waals surface area contributed by atoms with Crippen LogP contribution < -0.4 is 0 Å². The Hall–Kier alpha value is -0.290. The van der Waals surface area contributed by atoms with Gasteiger partial charge in [0.05, 0.1) is 0 Å². The molecule has 0 aliphatic heterocycles. The summed E-state index contributed by atoms with van der Waals surface area (Å²) in [5, 5.41) is 9.01. The number of hydrogen-bond donors (Lipinski definition) is 1. The highest BCUT2D eigenvalue weighted by Gasteiger charge is 2.45. The van der Waals surface area contributed by atoms with Crippen molar-refractivity contribution in [3.63, 3.8) is 0 Å². The van der Waals surface area contributed by atoms with E-state index in [2.05, 4.69) is 0 Å². The third-order valence-corrected chi connectivity index (χ3v) is 4.22. The first-order valence-corrected chi connectivity index (χ1v) is 5.70. The molecule has 0 radical (unpaired) electrons. The first-order chi connectivity index (χ1) is 5.26. The maximum Gasteiger partial charge on any atom is 0.331 e. The van der Waals surface area contributed by atoms with Crippen molar-refractivity contribution in [2.45, 2.75) is 31.2 Å².